The highest BCUT2D eigenvalue weighted by Crippen LogP contribution is 2.10. The lowest BCUT2D eigenvalue weighted by Crippen LogP contribution is -2.52. The summed E-state index contributed by atoms with van der Waals surface area (Å²) in [7, 11) is 4.68. The van der Waals surface area contributed by atoms with Crippen LogP contribution in [0.2, 0.25) is 0 Å². The van der Waals surface area contributed by atoms with Gasteiger partial charge in [0.05, 0.1) is 0 Å². The van der Waals surface area contributed by atoms with Crippen LogP contribution in [0.15, 0.2) is 0 Å². The molecular formula is C5H13NO4Si. The molecule has 0 aromatic heterocycles. The number of rotatable bonds is 3. The fourth-order valence-electron chi connectivity index (χ4n) is 0.531. The van der Waals surface area contributed by atoms with Crippen LogP contribution in [-0.2, 0) is 9.47 Å². The molecule has 0 spiro atoms. The average Bonchev–Trinajstić information content (AvgIpc) is 2.01. The Hall–Kier alpha value is -0.593. The van der Waals surface area contributed by atoms with Gasteiger partial charge in [0.25, 0.3) is 0 Å². The summed E-state index contributed by atoms with van der Waals surface area (Å²) >= 11 is 0. The minimum atomic E-state index is -1.07. The van der Waals surface area contributed by atoms with E-state index in [1.165, 1.54) is 21.3 Å². The first-order valence-electron chi connectivity index (χ1n) is 3.05. The Kier molecular flexibility index (Phi) is 3.50. The average molecular weight is 179 g/mol. The minimum Gasteiger partial charge on any atom is -0.465 e. The molecule has 0 aliphatic heterocycles. The number of hydrogen-bond donors (Lipinski definition) is 1. The Morgan fingerprint density at radius 3 is 2.00 bits per heavy atom. The Balaban J connectivity index is 4.36. The molecule has 5 nitrogen and oxygen atoms in total. The van der Waals surface area contributed by atoms with Crippen LogP contribution >= 0.6 is 0 Å². The lowest BCUT2D eigenvalue weighted by Gasteiger charge is -2.33. The molecule has 0 unspecified atom stereocenters. The van der Waals surface area contributed by atoms with Crippen molar-refractivity contribution in [2.24, 2.45) is 0 Å². The van der Waals surface area contributed by atoms with E-state index in [1.807, 2.05) is 0 Å². The maximum atomic E-state index is 10.5. The van der Waals surface area contributed by atoms with Crippen LogP contribution < -0.4 is 0 Å². The highest BCUT2D eigenvalue weighted by molar-refractivity contribution is 6.14. The van der Waals surface area contributed by atoms with E-state index in [2.05, 4.69) is 0 Å². The van der Waals surface area contributed by atoms with Crippen molar-refractivity contribution in [2.75, 3.05) is 21.3 Å². The summed E-state index contributed by atoms with van der Waals surface area (Å²) < 4.78 is 9.79. The quantitative estimate of drug-likeness (QED) is 0.440. The first-order chi connectivity index (χ1) is 4.98. The van der Waals surface area contributed by atoms with Crippen molar-refractivity contribution in [3.05, 3.63) is 0 Å². The first kappa shape index (κ1) is 10.4. The van der Waals surface area contributed by atoms with E-state index in [1.54, 1.807) is 0 Å². The topological polar surface area (TPSA) is 59.0 Å². The van der Waals surface area contributed by atoms with Crippen molar-refractivity contribution in [1.82, 2.24) is 4.90 Å². The van der Waals surface area contributed by atoms with E-state index < -0.39 is 11.6 Å². The van der Waals surface area contributed by atoms with Crippen LogP contribution in [0.25, 0.3) is 0 Å². The van der Waals surface area contributed by atoms with Crippen LogP contribution in [0.4, 0.5) is 4.79 Å². The number of carbonyl (C=O) groups is 1. The molecular weight excluding hydrogens is 166 g/mol. The Labute approximate surface area is 68.3 Å². The van der Waals surface area contributed by atoms with Gasteiger partial charge in [-0.2, -0.15) is 0 Å². The summed E-state index contributed by atoms with van der Waals surface area (Å²) in [6, 6.07) is 0. The molecule has 0 rings (SSSR count). The summed E-state index contributed by atoms with van der Waals surface area (Å²) in [6.45, 7) is 0. The zero-order chi connectivity index (χ0) is 9.07. The van der Waals surface area contributed by atoms with Gasteiger partial charge in [0.2, 0.25) is 5.53 Å². The molecule has 0 radical (unpaired) electrons. The van der Waals surface area contributed by atoms with Crippen LogP contribution in [0.1, 0.15) is 0 Å². The van der Waals surface area contributed by atoms with Gasteiger partial charge in [0.15, 0.2) is 0 Å². The molecule has 11 heavy (non-hydrogen) atoms. The number of nitrogens with zero attached hydrogens (tertiary/aromatic N) is 1. The SMILES string of the molecule is COC([SiH3])(OC)N(C)C(=O)O. The molecule has 0 aromatic carbocycles. The molecule has 0 fully saturated rings. The van der Waals surface area contributed by atoms with Gasteiger partial charge in [0.1, 0.15) is 10.2 Å². The van der Waals surface area contributed by atoms with E-state index in [0.717, 1.165) is 4.90 Å². The fraction of sp³-hybridized carbons (Fsp3) is 0.800. The van der Waals surface area contributed by atoms with Gasteiger partial charge in [-0.25, -0.2) is 4.79 Å². The summed E-state index contributed by atoms with van der Waals surface area (Å²) in [6.07, 6.45) is -1.07. The third-order valence-electron chi connectivity index (χ3n) is 1.65. The predicted octanol–water partition coefficient (Wildman–Crippen LogP) is -1.13. The van der Waals surface area contributed by atoms with Gasteiger partial charge in [-0.1, -0.05) is 0 Å². The maximum Gasteiger partial charge on any atom is 0.410 e. The molecule has 1 N–H and O–H groups in total. The number of ether oxygens (including phenoxy) is 2. The highest BCUT2D eigenvalue weighted by atomic mass is 28.1. The second-order valence-electron chi connectivity index (χ2n) is 2.15. The Bertz CT molecular complexity index is 147. The molecule has 0 aromatic rings. The van der Waals surface area contributed by atoms with Gasteiger partial charge < -0.3 is 14.6 Å². The normalized spacial score (nSPS) is 11.5. The fourth-order valence-corrected chi connectivity index (χ4v) is 0.722. The molecule has 0 bridgehead atoms. The zero-order valence-corrected chi connectivity index (χ0v) is 9.12. The molecule has 0 heterocycles. The second kappa shape index (κ2) is 3.70. The predicted molar refractivity (Wildman–Crippen MR) is 42.5 cm³/mol. The number of amides is 1. The number of carboxylic acid groups (broad SMARTS) is 1. The van der Waals surface area contributed by atoms with E-state index in [9.17, 15) is 4.79 Å². The maximum absolute atomic E-state index is 10.5. The molecule has 6 heteroatoms. The third-order valence-corrected chi connectivity index (χ3v) is 3.14. The molecule has 66 valence electrons. The molecule has 1 amide bonds. The van der Waals surface area contributed by atoms with Gasteiger partial charge in [0, 0.05) is 21.3 Å². The summed E-state index contributed by atoms with van der Waals surface area (Å²) in [5.74, 6) is 0. The molecule has 0 aliphatic rings. The van der Waals surface area contributed by atoms with Gasteiger partial charge in [-0.3, -0.25) is 4.90 Å². The van der Waals surface area contributed by atoms with Crippen molar-refractivity contribution in [2.45, 2.75) is 5.53 Å². The smallest absolute Gasteiger partial charge is 0.410 e. The second-order valence-corrected chi connectivity index (χ2v) is 3.41. The standard InChI is InChI=1S/C5H13NO4Si/c1-6(4(7)8)5(11,9-2)10-3/h1-3,11H3,(H,7,8). The molecule has 0 saturated carbocycles. The van der Waals surface area contributed by atoms with E-state index in [4.69, 9.17) is 14.6 Å². The number of methoxy groups -OCH3 is 2. The number of hydrogen-bond acceptors (Lipinski definition) is 3. The third kappa shape index (κ3) is 2.17. The lowest BCUT2D eigenvalue weighted by molar-refractivity contribution is -0.214. The lowest BCUT2D eigenvalue weighted by atomic mass is 10.8. The Morgan fingerprint density at radius 2 is 1.91 bits per heavy atom. The summed E-state index contributed by atoms with van der Waals surface area (Å²) in [5, 5.41) is 8.57. The molecule has 0 atom stereocenters. The van der Waals surface area contributed by atoms with Gasteiger partial charge in [-0.05, 0) is 0 Å². The van der Waals surface area contributed by atoms with Crippen molar-refractivity contribution < 1.29 is 19.4 Å². The van der Waals surface area contributed by atoms with Crippen LogP contribution in [-0.4, -0.2) is 53.1 Å². The van der Waals surface area contributed by atoms with Crippen molar-refractivity contribution >= 4 is 16.3 Å². The van der Waals surface area contributed by atoms with E-state index >= 15 is 0 Å². The van der Waals surface area contributed by atoms with Crippen molar-refractivity contribution in [3.8, 4) is 0 Å². The molecule has 0 saturated heterocycles. The monoisotopic (exact) mass is 179 g/mol. The highest BCUT2D eigenvalue weighted by Gasteiger charge is 2.31. The van der Waals surface area contributed by atoms with E-state index in [0.29, 0.717) is 10.2 Å². The van der Waals surface area contributed by atoms with E-state index in [-0.39, 0.29) is 0 Å². The van der Waals surface area contributed by atoms with Crippen molar-refractivity contribution in [3.63, 3.8) is 0 Å². The van der Waals surface area contributed by atoms with Crippen LogP contribution in [0, 0.1) is 0 Å². The largest absolute Gasteiger partial charge is 0.465 e. The van der Waals surface area contributed by atoms with Crippen LogP contribution in [0.5, 0.6) is 0 Å². The first-order valence-corrected chi connectivity index (χ1v) is 4.05. The zero-order valence-electron chi connectivity index (χ0n) is 7.12. The van der Waals surface area contributed by atoms with Gasteiger partial charge in [-0.15, -0.1) is 0 Å². The summed E-state index contributed by atoms with van der Waals surface area (Å²) in [5.41, 5.74) is -1.06. The van der Waals surface area contributed by atoms with Gasteiger partial charge >= 0.3 is 6.09 Å². The van der Waals surface area contributed by atoms with Crippen molar-refractivity contribution in [1.29, 1.82) is 0 Å². The minimum absolute atomic E-state index is 0.452. The van der Waals surface area contributed by atoms with Crippen LogP contribution in [0.3, 0.4) is 0 Å². The summed E-state index contributed by atoms with van der Waals surface area (Å²) in [4.78, 5) is 11.5. The molecule has 0 aliphatic carbocycles. The Morgan fingerprint density at radius 1 is 1.55 bits per heavy atom.